The normalized spacial score (nSPS) is 17.9. The lowest BCUT2D eigenvalue weighted by Crippen LogP contribution is -2.49. The van der Waals surface area contributed by atoms with Crippen molar-refractivity contribution in [2.24, 2.45) is 0 Å². The monoisotopic (exact) mass is 610 g/mol. The van der Waals surface area contributed by atoms with Crippen LogP contribution in [0.3, 0.4) is 0 Å². The average Bonchev–Trinajstić information content (AvgIpc) is 3.23. The summed E-state index contributed by atoms with van der Waals surface area (Å²) in [4.78, 5) is 34.7. The number of nitrogen functional groups attached to an aromatic ring is 1. The molecule has 0 radical (unpaired) electrons. The number of aromatic nitrogens is 1. The number of ether oxygens (including phenoxy) is 1. The molecule has 1 aromatic heterocycles. The van der Waals surface area contributed by atoms with Crippen LogP contribution >= 0.6 is 15.9 Å². The number of hydrogen-bond donors (Lipinski definition) is 1. The van der Waals surface area contributed by atoms with Crippen LogP contribution in [0.15, 0.2) is 46.9 Å². The summed E-state index contributed by atoms with van der Waals surface area (Å²) in [6.45, 7) is 8.01. The van der Waals surface area contributed by atoms with Gasteiger partial charge in [-0.3, -0.25) is 19.3 Å². The first-order chi connectivity index (χ1) is 19.3. The Morgan fingerprint density at radius 1 is 1.05 bits per heavy atom. The Morgan fingerprint density at radius 2 is 1.77 bits per heavy atom. The van der Waals surface area contributed by atoms with Gasteiger partial charge in [-0.05, 0) is 88.4 Å². The van der Waals surface area contributed by atoms with E-state index in [-0.39, 0.29) is 12.0 Å². The lowest BCUT2D eigenvalue weighted by atomic mass is 9.92. The van der Waals surface area contributed by atoms with E-state index >= 15 is 0 Å². The minimum Gasteiger partial charge on any atom is -0.450 e. The van der Waals surface area contributed by atoms with Crippen molar-refractivity contribution in [1.29, 1.82) is 0 Å². The van der Waals surface area contributed by atoms with Gasteiger partial charge in [-0.1, -0.05) is 28.1 Å². The molecule has 214 valence electrons. The number of benzene rings is 2. The molecular formula is C30H39BrN6O3. The zero-order valence-corrected chi connectivity index (χ0v) is 25.2. The molecule has 5 rings (SSSR count). The largest absolute Gasteiger partial charge is 0.450 e. The van der Waals surface area contributed by atoms with Crippen molar-refractivity contribution in [2.45, 2.75) is 25.8 Å². The molecular weight excluding hydrogens is 572 g/mol. The number of piperazine rings is 1. The van der Waals surface area contributed by atoms with Gasteiger partial charge in [-0.15, -0.1) is 0 Å². The van der Waals surface area contributed by atoms with Crippen molar-refractivity contribution >= 4 is 38.8 Å². The smallest absolute Gasteiger partial charge is 0.410 e. The maximum Gasteiger partial charge on any atom is 0.410 e. The highest BCUT2D eigenvalue weighted by atomic mass is 79.9. The zero-order valence-electron chi connectivity index (χ0n) is 23.6. The second-order valence-corrected chi connectivity index (χ2v) is 11.8. The molecule has 2 aliphatic rings. The molecule has 10 heteroatoms. The lowest BCUT2D eigenvalue weighted by molar-refractivity contribution is 0.0633. The highest BCUT2D eigenvalue weighted by Gasteiger charge is 2.37. The Labute approximate surface area is 244 Å². The molecule has 2 aliphatic heterocycles. The summed E-state index contributed by atoms with van der Waals surface area (Å²) < 4.78 is 8.11. The number of nitrogens with two attached hydrogens (primary N) is 1. The van der Waals surface area contributed by atoms with Crippen LogP contribution in [0.2, 0.25) is 0 Å². The SMILES string of the molecule is CCOC(=O)N1CCc2c(n(N)c3ccc(Br)cc23)C1c1ccc(C(=O)N2CCN(CCCN(C)C)CC2)cc1. The van der Waals surface area contributed by atoms with E-state index in [1.807, 2.05) is 48.2 Å². The quantitative estimate of drug-likeness (QED) is 0.408. The average molecular weight is 612 g/mol. The Kier molecular flexibility index (Phi) is 8.68. The fourth-order valence-corrected chi connectivity index (χ4v) is 6.32. The molecule has 3 heterocycles. The van der Waals surface area contributed by atoms with E-state index in [4.69, 9.17) is 10.6 Å². The van der Waals surface area contributed by atoms with Gasteiger partial charge in [0.05, 0.1) is 17.8 Å². The standard InChI is InChI=1S/C30H39BrN6O3/c1-4-40-30(39)36-15-12-24-25-20-23(31)10-11-26(25)37(32)28(24)27(36)21-6-8-22(9-7-21)29(38)35-18-16-34(17-19-35)14-5-13-33(2)3/h6-11,20,27H,4-5,12-19,32H2,1-3H3. The molecule has 2 amide bonds. The predicted octanol–water partition coefficient (Wildman–Crippen LogP) is 3.93. The van der Waals surface area contributed by atoms with E-state index in [9.17, 15) is 9.59 Å². The third-order valence-electron chi connectivity index (χ3n) is 8.00. The molecule has 0 bridgehead atoms. The topological polar surface area (TPSA) is 87.3 Å². The summed E-state index contributed by atoms with van der Waals surface area (Å²) in [7, 11) is 4.19. The molecule has 1 atom stereocenters. The molecule has 0 spiro atoms. The summed E-state index contributed by atoms with van der Waals surface area (Å²) in [6.07, 6.45) is 1.44. The van der Waals surface area contributed by atoms with Crippen LogP contribution in [0.1, 0.15) is 46.6 Å². The van der Waals surface area contributed by atoms with Gasteiger partial charge in [0.15, 0.2) is 0 Å². The minimum absolute atomic E-state index is 0.0452. The lowest BCUT2D eigenvalue weighted by Gasteiger charge is -2.36. The number of hydrogen-bond acceptors (Lipinski definition) is 6. The number of nitrogens with zero attached hydrogens (tertiary/aromatic N) is 5. The Morgan fingerprint density at radius 3 is 2.45 bits per heavy atom. The maximum atomic E-state index is 13.3. The third kappa shape index (κ3) is 5.70. The Hall–Kier alpha value is -3.08. The number of carbonyl (C=O) groups is 2. The second-order valence-electron chi connectivity index (χ2n) is 10.9. The summed E-state index contributed by atoms with van der Waals surface area (Å²) in [5, 5.41) is 1.08. The van der Waals surface area contributed by atoms with Gasteiger partial charge < -0.3 is 20.4 Å². The highest BCUT2D eigenvalue weighted by Crippen LogP contribution is 2.40. The summed E-state index contributed by atoms with van der Waals surface area (Å²) in [6, 6.07) is 13.3. The fraction of sp³-hybridized carbons (Fsp3) is 0.467. The molecule has 2 aromatic carbocycles. The van der Waals surface area contributed by atoms with Crippen LogP contribution in [0, 0.1) is 0 Å². The van der Waals surface area contributed by atoms with Gasteiger partial charge in [-0.25, -0.2) is 4.79 Å². The fourth-order valence-electron chi connectivity index (χ4n) is 5.96. The molecule has 1 unspecified atom stereocenters. The molecule has 1 fully saturated rings. The van der Waals surface area contributed by atoms with Gasteiger partial charge in [0.2, 0.25) is 0 Å². The van der Waals surface area contributed by atoms with Crippen molar-refractivity contribution in [1.82, 2.24) is 24.3 Å². The molecule has 2 N–H and O–H groups in total. The molecule has 9 nitrogen and oxygen atoms in total. The number of amides is 2. The summed E-state index contributed by atoms with van der Waals surface area (Å²) in [5.41, 5.74) is 4.46. The van der Waals surface area contributed by atoms with E-state index in [1.165, 1.54) is 0 Å². The maximum absolute atomic E-state index is 13.3. The van der Waals surface area contributed by atoms with Gasteiger partial charge in [0.25, 0.3) is 5.91 Å². The summed E-state index contributed by atoms with van der Waals surface area (Å²) in [5.74, 6) is 6.71. The van der Waals surface area contributed by atoms with Crippen LogP contribution in [-0.4, -0.2) is 103 Å². The number of halogens is 1. The van der Waals surface area contributed by atoms with E-state index < -0.39 is 6.04 Å². The van der Waals surface area contributed by atoms with Crippen molar-refractivity contribution in [3.8, 4) is 0 Å². The predicted molar refractivity (Wildman–Crippen MR) is 161 cm³/mol. The van der Waals surface area contributed by atoms with Crippen LogP contribution in [-0.2, 0) is 11.2 Å². The summed E-state index contributed by atoms with van der Waals surface area (Å²) >= 11 is 3.58. The third-order valence-corrected chi connectivity index (χ3v) is 8.49. The highest BCUT2D eigenvalue weighted by molar-refractivity contribution is 9.10. The molecule has 1 saturated heterocycles. The van der Waals surface area contributed by atoms with E-state index in [0.29, 0.717) is 25.1 Å². The van der Waals surface area contributed by atoms with Gasteiger partial charge in [0, 0.05) is 48.1 Å². The van der Waals surface area contributed by atoms with Crippen LogP contribution in [0.25, 0.3) is 10.9 Å². The minimum atomic E-state index is -0.422. The van der Waals surface area contributed by atoms with Crippen molar-refractivity contribution in [2.75, 3.05) is 72.4 Å². The Balaban J connectivity index is 1.37. The van der Waals surface area contributed by atoms with E-state index in [1.54, 1.807) is 9.58 Å². The van der Waals surface area contributed by atoms with Crippen LogP contribution in [0.4, 0.5) is 4.79 Å². The molecule has 0 saturated carbocycles. The zero-order chi connectivity index (χ0) is 28.4. The van der Waals surface area contributed by atoms with Crippen molar-refractivity contribution < 1.29 is 14.3 Å². The van der Waals surface area contributed by atoms with E-state index in [2.05, 4.69) is 45.9 Å². The first-order valence-electron chi connectivity index (χ1n) is 14.1. The first kappa shape index (κ1) is 28.4. The Bertz CT molecular complexity index is 1360. The molecule has 40 heavy (non-hydrogen) atoms. The van der Waals surface area contributed by atoms with Gasteiger partial charge in [0.1, 0.15) is 6.04 Å². The van der Waals surface area contributed by atoms with Gasteiger partial charge in [-0.2, -0.15) is 0 Å². The second kappa shape index (κ2) is 12.2. The number of rotatable bonds is 7. The van der Waals surface area contributed by atoms with Crippen molar-refractivity contribution in [3.05, 3.63) is 69.3 Å². The number of fused-ring (bicyclic) bond motifs is 3. The first-order valence-corrected chi connectivity index (χ1v) is 14.8. The van der Waals surface area contributed by atoms with Gasteiger partial charge >= 0.3 is 6.09 Å². The molecule has 3 aromatic rings. The van der Waals surface area contributed by atoms with E-state index in [0.717, 1.165) is 77.9 Å². The van der Waals surface area contributed by atoms with Crippen LogP contribution in [0.5, 0.6) is 0 Å². The number of carbonyl (C=O) groups excluding carboxylic acids is 2. The molecule has 0 aliphatic carbocycles. The van der Waals surface area contributed by atoms with Crippen molar-refractivity contribution in [3.63, 3.8) is 0 Å². The van der Waals surface area contributed by atoms with Crippen LogP contribution < -0.4 is 5.84 Å².